The number of hydrogen-bond donors (Lipinski definition) is 2. The maximum Gasteiger partial charge on any atom is 0.221 e. The Kier molecular flexibility index (Phi) is 4.30. The molecular weight excluding hydrogens is 254 g/mol. The molecule has 20 heavy (non-hydrogen) atoms. The molecule has 1 atom stereocenters. The summed E-state index contributed by atoms with van der Waals surface area (Å²) < 4.78 is 2.18. The van der Waals surface area contributed by atoms with Crippen LogP contribution in [0.15, 0.2) is 0 Å². The van der Waals surface area contributed by atoms with Crippen LogP contribution in [0.4, 0.5) is 0 Å². The third kappa shape index (κ3) is 3.17. The smallest absolute Gasteiger partial charge is 0.221 e. The van der Waals surface area contributed by atoms with Crippen molar-refractivity contribution in [2.75, 3.05) is 6.54 Å². The number of carbonyl (C=O) groups is 1. The van der Waals surface area contributed by atoms with Gasteiger partial charge in [0.05, 0.1) is 6.54 Å². The zero-order valence-corrected chi connectivity index (χ0v) is 11.9. The molecule has 6 heteroatoms. The van der Waals surface area contributed by atoms with Gasteiger partial charge in [0, 0.05) is 25.4 Å². The van der Waals surface area contributed by atoms with Crippen molar-refractivity contribution in [3.63, 3.8) is 0 Å². The first-order valence-electron chi connectivity index (χ1n) is 7.74. The van der Waals surface area contributed by atoms with E-state index in [0.29, 0.717) is 19.0 Å². The van der Waals surface area contributed by atoms with E-state index in [1.54, 1.807) is 0 Å². The highest BCUT2D eigenvalue weighted by atomic mass is 16.1. The molecule has 1 unspecified atom stereocenters. The summed E-state index contributed by atoms with van der Waals surface area (Å²) >= 11 is 0. The molecule has 1 aromatic heterocycles. The largest absolute Gasteiger partial charge is 0.349 e. The highest BCUT2D eigenvalue weighted by Crippen LogP contribution is 2.14. The minimum absolute atomic E-state index is 0.107. The van der Waals surface area contributed by atoms with E-state index in [1.807, 2.05) is 0 Å². The predicted octanol–water partition coefficient (Wildman–Crippen LogP) is 0.763. The van der Waals surface area contributed by atoms with Crippen molar-refractivity contribution in [3.05, 3.63) is 11.6 Å². The van der Waals surface area contributed by atoms with Crippen LogP contribution in [0.25, 0.3) is 0 Å². The van der Waals surface area contributed by atoms with E-state index >= 15 is 0 Å². The van der Waals surface area contributed by atoms with E-state index in [4.69, 9.17) is 0 Å². The van der Waals surface area contributed by atoms with Crippen LogP contribution < -0.4 is 10.6 Å². The molecule has 3 rings (SSSR count). The minimum atomic E-state index is 0.107. The number of amides is 1. The lowest BCUT2D eigenvalue weighted by atomic mass is 10.1. The molecule has 0 aliphatic carbocycles. The van der Waals surface area contributed by atoms with Crippen molar-refractivity contribution in [2.24, 2.45) is 0 Å². The van der Waals surface area contributed by atoms with Gasteiger partial charge in [0.2, 0.25) is 5.91 Å². The molecule has 1 fully saturated rings. The van der Waals surface area contributed by atoms with Crippen molar-refractivity contribution in [1.29, 1.82) is 0 Å². The molecule has 0 radical (unpaired) electrons. The number of aromatic nitrogens is 3. The predicted molar refractivity (Wildman–Crippen MR) is 75.1 cm³/mol. The SMILES string of the molecule is O=C(CC1CCCN1)NCc1nnc2n1CCCCC2. The third-order valence-electron chi connectivity index (χ3n) is 4.22. The molecule has 2 N–H and O–H groups in total. The van der Waals surface area contributed by atoms with Crippen LogP contribution >= 0.6 is 0 Å². The van der Waals surface area contributed by atoms with E-state index in [2.05, 4.69) is 25.4 Å². The molecule has 0 spiro atoms. The second kappa shape index (κ2) is 6.35. The lowest BCUT2D eigenvalue weighted by Crippen LogP contribution is -2.32. The summed E-state index contributed by atoms with van der Waals surface area (Å²) in [6, 6.07) is 0.352. The average Bonchev–Trinajstić information content (AvgIpc) is 3.02. The van der Waals surface area contributed by atoms with E-state index in [0.717, 1.165) is 37.6 Å². The Bertz CT molecular complexity index is 464. The van der Waals surface area contributed by atoms with Crippen LogP contribution in [0.5, 0.6) is 0 Å². The van der Waals surface area contributed by atoms with Crippen molar-refractivity contribution >= 4 is 5.91 Å². The lowest BCUT2D eigenvalue weighted by molar-refractivity contribution is -0.121. The summed E-state index contributed by atoms with van der Waals surface area (Å²) in [5.74, 6) is 2.08. The van der Waals surface area contributed by atoms with Gasteiger partial charge < -0.3 is 15.2 Å². The number of fused-ring (bicyclic) bond motifs is 1. The van der Waals surface area contributed by atoms with Crippen LogP contribution in [-0.4, -0.2) is 33.3 Å². The highest BCUT2D eigenvalue weighted by Gasteiger charge is 2.19. The normalized spacial score (nSPS) is 22.3. The Balaban J connectivity index is 1.53. The van der Waals surface area contributed by atoms with Crippen LogP contribution in [0.1, 0.15) is 50.2 Å². The maximum atomic E-state index is 11.9. The summed E-state index contributed by atoms with van der Waals surface area (Å²) in [7, 11) is 0. The fourth-order valence-corrected chi connectivity index (χ4v) is 3.08. The van der Waals surface area contributed by atoms with Gasteiger partial charge in [-0.25, -0.2) is 0 Å². The Morgan fingerprint density at radius 1 is 1.30 bits per heavy atom. The zero-order valence-electron chi connectivity index (χ0n) is 11.9. The summed E-state index contributed by atoms with van der Waals surface area (Å²) in [5.41, 5.74) is 0. The highest BCUT2D eigenvalue weighted by molar-refractivity contribution is 5.76. The molecule has 6 nitrogen and oxygen atoms in total. The second-order valence-corrected chi connectivity index (χ2v) is 5.77. The summed E-state index contributed by atoms with van der Waals surface area (Å²) in [6.45, 7) is 2.52. The Morgan fingerprint density at radius 2 is 2.25 bits per heavy atom. The Morgan fingerprint density at radius 3 is 3.10 bits per heavy atom. The molecule has 0 bridgehead atoms. The summed E-state index contributed by atoms with van der Waals surface area (Å²) in [6.07, 6.45) is 7.48. The quantitative estimate of drug-likeness (QED) is 0.852. The molecule has 0 aromatic carbocycles. The minimum Gasteiger partial charge on any atom is -0.349 e. The van der Waals surface area contributed by atoms with E-state index in [9.17, 15) is 4.79 Å². The van der Waals surface area contributed by atoms with Gasteiger partial charge in [0.15, 0.2) is 5.82 Å². The second-order valence-electron chi connectivity index (χ2n) is 5.77. The number of aryl methyl sites for hydroxylation is 1. The molecule has 2 aliphatic heterocycles. The number of carbonyl (C=O) groups excluding carboxylic acids is 1. The van der Waals surface area contributed by atoms with Gasteiger partial charge in [-0.1, -0.05) is 6.42 Å². The molecular formula is C14H23N5O. The van der Waals surface area contributed by atoms with Crippen LogP contribution in [-0.2, 0) is 24.3 Å². The lowest BCUT2D eigenvalue weighted by Gasteiger charge is -2.11. The number of hydrogen-bond acceptors (Lipinski definition) is 4. The first kappa shape index (κ1) is 13.5. The third-order valence-corrected chi connectivity index (χ3v) is 4.22. The van der Waals surface area contributed by atoms with Crippen LogP contribution in [0, 0.1) is 0 Å². The summed E-state index contributed by atoms with van der Waals surface area (Å²) in [4.78, 5) is 11.9. The number of nitrogens with one attached hydrogen (secondary N) is 2. The molecule has 110 valence electrons. The van der Waals surface area contributed by atoms with Gasteiger partial charge >= 0.3 is 0 Å². The molecule has 0 saturated carbocycles. The van der Waals surface area contributed by atoms with Crippen molar-refractivity contribution in [1.82, 2.24) is 25.4 Å². The molecule has 1 amide bonds. The van der Waals surface area contributed by atoms with Gasteiger partial charge in [-0.15, -0.1) is 10.2 Å². The van der Waals surface area contributed by atoms with Gasteiger partial charge in [0.25, 0.3) is 0 Å². The van der Waals surface area contributed by atoms with E-state index in [-0.39, 0.29) is 5.91 Å². The van der Waals surface area contributed by atoms with Crippen LogP contribution in [0.2, 0.25) is 0 Å². The molecule has 1 saturated heterocycles. The first-order valence-corrected chi connectivity index (χ1v) is 7.74. The Labute approximate surface area is 119 Å². The zero-order chi connectivity index (χ0) is 13.8. The van der Waals surface area contributed by atoms with Gasteiger partial charge in [-0.3, -0.25) is 4.79 Å². The first-order chi connectivity index (χ1) is 9.83. The topological polar surface area (TPSA) is 71.8 Å². The van der Waals surface area contributed by atoms with Gasteiger partial charge in [-0.05, 0) is 32.2 Å². The fourth-order valence-electron chi connectivity index (χ4n) is 3.08. The standard InChI is InChI=1S/C14H23N5O/c20-14(9-11-5-4-7-15-11)16-10-13-18-17-12-6-2-1-3-8-19(12)13/h11,15H,1-10H2,(H,16,20). The molecule has 3 heterocycles. The van der Waals surface area contributed by atoms with Crippen molar-refractivity contribution in [2.45, 2.75) is 64.1 Å². The molecule has 2 aliphatic rings. The van der Waals surface area contributed by atoms with Crippen molar-refractivity contribution < 1.29 is 4.79 Å². The average molecular weight is 277 g/mol. The fraction of sp³-hybridized carbons (Fsp3) is 0.786. The summed E-state index contributed by atoms with van der Waals surface area (Å²) in [5, 5.41) is 14.8. The Hall–Kier alpha value is -1.43. The van der Waals surface area contributed by atoms with Crippen LogP contribution in [0.3, 0.4) is 0 Å². The van der Waals surface area contributed by atoms with E-state index in [1.165, 1.54) is 25.7 Å². The molecule has 1 aromatic rings. The number of nitrogens with zero attached hydrogens (tertiary/aromatic N) is 3. The number of rotatable bonds is 4. The van der Waals surface area contributed by atoms with E-state index < -0.39 is 0 Å². The monoisotopic (exact) mass is 277 g/mol. The van der Waals surface area contributed by atoms with Gasteiger partial charge in [0.1, 0.15) is 5.82 Å². The maximum absolute atomic E-state index is 11.9. The van der Waals surface area contributed by atoms with Gasteiger partial charge in [-0.2, -0.15) is 0 Å². The van der Waals surface area contributed by atoms with Crippen molar-refractivity contribution in [3.8, 4) is 0 Å².